The zero-order valence-corrected chi connectivity index (χ0v) is 9.79. The number of thiazole rings is 1. The Kier molecular flexibility index (Phi) is 2.40. The SMILES string of the molecule is Br.O=C1CCCc2c1sc1nncn21. The lowest BCUT2D eigenvalue weighted by Gasteiger charge is -2.08. The molecule has 2 heterocycles. The molecule has 0 fully saturated rings. The van der Waals surface area contributed by atoms with Gasteiger partial charge >= 0.3 is 0 Å². The van der Waals surface area contributed by atoms with E-state index in [1.54, 1.807) is 6.33 Å². The van der Waals surface area contributed by atoms with E-state index in [1.165, 1.54) is 11.3 Å². The molecule has 0 atom stereocenters. The average Bonchev–Trinajstić information content (AvgIpc) is 2.65. The van der Waals surface area contributed by atoms with Crippen molar-refractivity contribution in [2.45, 2.75) is 19.3 Å². The van der Waals surface area contributed by atoms with Crippen LogP contribution in [0.1, 0.15) is 28.2 Å². The Labute approximate surface area is 94.7 Å². The van der Waals surface area contributed by atoms with Crippen molar-refractivity contribution in [1.82, 2.24) is 14.6 Å². The molecule has 0 spiro atoms. The fourth-order valence-corrected chi connectivity index (χ4v) is 2.78. The first-order chi connectivity index (χ1) is 6.36. The molecule has 6 heteroatoms. The minimum Gasteiger partial charge on any atom is -0.293 e. The summed E-state index contributed by atoms with van der Waals surface area (Å²) in [4.78, 5) is 13.2. The topological polar surface area (TPSA) is 47.3 Å². The van der Waals surface area contributed by atoms with E-state index in [0.717, 1.165) is 28.4 Å². The third-order valence-corrected chi connectivity index (χ3v) is 3.46. The van der Waals surface area contributed by atoms with Gasteiger partial charge < -0.3 is 0 Å². The van der Waals surface area contributed by atoms with E-state index in [0.29, 0.717) is 6.42 Å². The summed E-state index contributed by atoms with van der Waals surface area (Å²) < 4.78 is 1.93. The molecule has 2 aromatic heterocycles. The number of hydrogen-bond donors (Lipinski definition) is 0. The fraction of sp³-hybridized carbons (Fsp3) is 0.375. The van der Waals surface area contributed by atoms with Crippen molar-refractivity contribution in [2.75, 3.05) is 0 Å². The van der Waals surface area contributed by atoms with E-state index < -0.39 is 0 Å². The van der Waals surface area contributed by atoms with E-state index in [1.807, 2.05) is 4.40 Å². The van der Waals surface area contributed by atoms with Crippen LogP contribution in [0.4, 0.5) is 0 Å². The zero-order valence-electron chi connectivity index (χ0n) is 7.27. The van der Waals surface area contributed by atoms with Gasteiger partial charge in [0.2, 0.25) is 4.96 Å². The third kappa shape index (κ3) is 1.21. The molecule has 0 saturated heterocycles. The van der Waals surface area contributed by atoms with Gasteiger partial charge in [0.1, 0.15) is 6.33 Å². The Hall–Kier alpha value is -0.750. The average molecular weight is 274 g/mol. The van der Waals surface area contributed by atoms with Crippen LogP contribution in [-0.2, 0) is 6.42 Å². The first kappa shape index (κ1) is 9.79. The predicted octanol–water partition coefficient (Wildman–Crippen LogP) is 1.89. The standard InChI is InChI=1S/C8H7N3OS.BrH/c12-6-3-1-2-5-7(6)13-8-10-9-4-11(5)8;/h4H,1-3H2;1H. The van der Waals surface area contributed by atoms with Gasteiger partial charge in [-0.2, -0.15) is 0 Å². The summed E-state index contributed by atoms with van der Waals surface area (Å²) in [6.07, 6.45) is 4.29. The van der Waals surface area contributed by atoms with Crippen LogP contribution in [-0.4, -0.2) is 20.4 Å². The molecule has 2 aromatic rings. The van der Waals surface area contributed by atoms with E-state index in [4.69, 9.17) is 0 Å². The highest BCUT2D eigenvalue weighted by Gasteiger charge is 2.22. The molecular weight excluding hydrogens is 266 g/mol. The number of carbonyl (C=O) groups excluding carboxylic acids is 1. The molecule has 0 bridgehead atoms. The number of halogens is 1. The molecule has 1 aliphatic carbocycles. The number of ketones is 1. The number of aryl methyl sites for hydroxylation is 1. The van der Waals surface area contributed by atoms with Crippen molar-refractivity contribution < 1.29 is 4.79 Å². The fourth-order valence-electron chi connectivity index (χ4n) is 1.72. The van der Waals surface area contributed by atoms with Crippen molar-refractivity contribution >= 4 is 39.1 Å². The van der Waals surface area contributed by atoms with Crippen LogP contribution < -0.4 is 0 Å². The molecule has 0 aliphatic heterocycles. The lowest BCUT2D eigenvalue weighted by atomic mass is 10.0. The van der Waals surface area contributed by atoms with Gasteiger partial charge in [-0.1, -0.05) is 11.3 Å². The van der Waals surface area contributed by atoms with E-state index >= 15 is 0 Å². The second-order valence-corrected chi connectivity index (χ2v) is 4.12. The molecule has 0 aromatic carbocycles. The number of nitrogens with zero attached hydrogens (tertiary/aromatic N) is 3. The molecule has 0 radical (unpaired) electrons. The highest BCUT2D eigenvalue weighted by molar-refractivity contribution is 8.93. The maximum Gasteiger partial charge on any atom is 0.216 e. The number of fused-ring (bicyclic) bond motifs is 3. The molecule has 4 nitrogen and oxygen atoms in total. The van der Waals surface area contributed by atoms with Crippen molar-refractivity contribution in [3.8, 4) is 0 Å². The molecule has 74 valence electrons. The highest BCUT2D eigenvalue weighted by Crippen LogP contribution is 2.28. The summed E-state index contributed by atoms with van der Waals surface area (Å²) in [6.45, 7) is 0. The van der Waals surface area contributed by atoms with Gasteiger partial charge in [-0.3, -0.25) is 9.20 Å². The van der Waals surface area contributed by atoms with Crippen LogP contribution >= 0.6 is 28.3 Å². The first-order valence-electron chi connectivity index (χ1n) is 4.21. The summed E-state index contributed by atoms with van der Waals surface area (Å²) in [5.41, 5.74) is 1.10. The van der Waals surface area contributed by atoms with Gasteiger partial charge in [0, 0.05) is 12.1 Å². The molecule has 1 aliphatic rings. The van der Waals surface area contributed by atoms with Crippen LogP contribution in [0.25, 0.3) is 4.96 Å². The van der Waals surface area contributed by atoms with Gasteiger partial charge in [0.15, 0.2) is 5.78 Å². The molecule has 0 unspecified atom stereocenters. The van der Waals surface area contributed by atoms with E-state index in [-0.39, 0.29) is 22.8 Å². The summed E-state index contributed by atoms with van der Waals surface area (Å²) in [5, 5.41) is 7.74. The van der Waals surface area contributed by atoms with Crippen LogP contribution in [0.15, 0.2) is 6.33 Å². The lowest BCUT2D eigenvalue weighted by molar-refractivity contribution is 0.0976. The number of Topliss-reactive ketones (excluding diaryl/α,β-unsaturated/α-hetero) is 1. The minimum absolute atomic E-state index is 0. The van der Waals surface area contributed by atoms with Crippen LogP contribution in [0.3, 0.4) is 0 Å². The van der Waals surface area contributed by atoms with Crippen LogP contribution in [0.2, 0.25) is 0 Å². The Morgan fingerprint density at radius 1 is 1.43 bits per heavy atom. The molecule has 3 rings (SSSR count). The summed E-state index contributed by atoms with van der Waals surface area (Å²) in [5.74, 6) is 0.261. The van der Waals surface area contributed by atoms with Gasteiger partial charge in [-0.15, -0.1) is 27.2 Å². The largest absolute Gasteiger partial charge is 0.293 e. The normalized spacial score (nSPS) is 15.3. The lowest BCUT2D eigenvalue weighted by Crippen LogP contribution is -2.09. The second-order valence-electron chi connectivity index (χ2n) is 3.14. The third-order valence-electron chi connectivity index (χ3n) is 2.33. The first-order valence-corrected chi connectivity index (χ1v) is 5.02. The number of carbonyl (C=O) groups is 1. The Bertz CT molecular complexity index is 490. The maximum atomic E-state index is 11.5. The Morgan fingerprint density at radius 3 is 3.14 bits per heavy atom. The van der Waals surface area contributed by atoms with E-state index in [9.17, 15) is 4.79 Å². The Balaban J connectivity index is 0.000000750. The van der Waals surface area contributed by atoms with Gasteiger partial charge in [-0.05, 0) is 12.8 Å². The number of rotatable bonds is 0. The van der Waals surface area contributed by atoms with Crippen LogP contribution in [0.5, 0.6) is 0 Å². The zero-order chi connectivity index (χ0) is 8.84. The molecule has 0 amide bonds. The van der Waals surface area contributed by atoms with Gasteiger partial charge in [0.25, 0.3) is 0 Å². The van der Waals surface area contributed by atoms with Crippen molar-refractivity contribution in [3.05, 3.63) is 16.9 Å². The highest BCUT2D eigenvalue weighted by atomic mass is 79.9. The van der Waals surface area contributed by atoms with E-state index in [2.05, 4.69) is 10.2 Å². The number of hydrogen-bond acceptors (Lipinski definition) is 4. The Morgan fingerprint density at radius 2 is 2.29 bits per heavy atom. The van der Waals surface area contributed by atoms with Crippen LogP contribution in [0, 0.1) is 0 Å². The maximum absolute atomic E-state index is 11.5. The molecule has 0 saturated carbocycles. The van der Waals surface area contributed by atoms with Crippen molar-refractivity contribution in [2.24, 2.45) is 0 Å². The smallest absolute Gasteiger partial charge is 0.216 e. The van der Waals surface area contributed by atoms with Gasteiger partial charge in [0.05, 0.1) is 4.88 Å². The van der Waals surface area contributed by atoms with Crippen molar-refractivity contribution in [3.63, 3.8) is 0 Å². The second kappa shape index (κ2) is 3.43. The molecule has 0 N–H and O–H groups in total. The summed E-state index contributed by atoms with van der Waals surface area (Å²) in [6, 6.07) is 0. The quantitative estimate of drug-likeness (QED) is 0.737. The van der Waals surface area contributed by atoms with Crippen molar-refractivity contribution in [1.29, 1.82) is 0 Å². The monoisotopic (exact) mass is 273 g/mol. The minimum atomic E-state index is 0. The predicted molar refractivity (Wildman–Crippen MR) is 58.5 cm³/mol. The summed E-state index contributed by atoms with van der Waals surface area (Å²) in [7, 11) is 0. The summed E-state index contributed by atoms with van der Waals surface area (Å²) >= 11 is 1.45. The molecular formula is C8H8BrN3OS. The number of aromatic nitrogens is 3. The molecule has 14 heavy (non-hydrogen) atoms. The van der Waals surface area contributed by atoms with Gasteiger partial charge in [-0.25, -0.2) is 0 Å².